The molecule has 0 unspecified atom stereocenters. The number of anilines is 1. The lowest BCUT2D eigenvalue weighted by Gasteiger charge is -2.07. The number of halogens is 1. The average Bonchev–Trinajstić information content (AvgIpc) is 2.23. The molecular weight excluding hydrogens is 272 g/mol. The van der Waals surface area contributed by atoms with Crippen LogP contribution in [0.15, 0.2) is 10.7 Å². The Morgan fingerprint density at radius 3 is 2.81 bits per heavy atom. The van der Waals surface area contributed by atoms with Crippen LogP contribution in [0, 0.1) is 0 Å². The van der Waals surface area contributed by atoms with Gasteiger partial charge in [-0.25, -0.2) is 9.97 Å². The van der Waals surface area contributed by atoms with Crippen molar-refractivity contribution in [2.45, 2.75) is 20.3 Å². The Hall–Kier alpha value is -1.17. The number of carbonyl (C=O) groups excluding carboxylic acids is 1. The van der Waals surface area contributed by atoms with Crippen molar-refractivity contribution in [1.29, 1.82) is 0 Å². The van der Waals surface area contributed by atoms with Crippen LogP contribution in [-0.2, 0) is 11.2 Å². The number of hydrogen-bond donors (Lipinski definition) is 2. The Labute approximate surface area is 103 Å². The largest absolute Gasteiger partial charge is 0.368 e. The minimum absolute atomic E-state index is 0.0279. The van der Waals surface area contributed by atoms with Gasteiger partial charge in [0.15, 0.2) is 0 Å². The predicted molar refractivity (Wildman–Crippen MR) is 66.3 cm³/mol. The zero-order chi connectivity index (χ0) is 12.0. The smallest absolute Gasteiger partial charge is 0.216 e. The molecule has 0 radical (unpaired) electrons. The summed E-state index contributed by atoms with van der Waals surface area (Å²) in [7, 11) is 0. The van der Waals surface area contributed by atoms with Crippen molar-refractivity contribution >= 4 is 27.7 Å². The second kappa shape index (κ2) is 6.42. The van der Waals surface area contributed by atoms with Crippen LogP contribution in [0.1, 0.15) is 19.7 Å². The Balaban J connectivity index is 2.47. The molecule has 1 aromatic rings. The van der Waals surface area contributed by atoms with E-state index in [1.165, 1.54) is 6.92 Å². The van der Waals surface area contributed by atoms with E-state index in [9.17, 15) is 4.79 Å². The van der Waals surface area contributed by atoms with Crippen LogP contribution in [-0.4, -0.2) is 29.0 Å². The molecule has 0 aromatic carbocycles. The Morgan fingerprint density at radius 2 is 2.19 bits per heavy atom. The number of aryl methyl sites for hydroxylation is 1. The highest BCUT2D eigenvalue weighted by Gasteiger charge is 2.00. The maximum atomic E-state index is 10.6. The molecule has 0 fully saturated rings. The molecule has 1 amide bonds. The molecule has 0 aliphatic rings. The first-order valence-corrected chi connectivity index (χ1v) is 5.93. The number of rotatable bonds is 5. The summed E-state index contributed by atoms with van der Waals surface area (Å²) in [5, 5.41) is 5.82. The van der Waals surface area contributed by atoms with Gasteiger partial charge < -0.3 is 10.6 Å². The zero-order valence-electron chi connectivity index (χ0n) is 9.38. The zero-order valence-corrected chi connectivity index (χ0v) is 11.0. The van der Waals surface area contributed by atoms with E-state index < -0.39 is 0 Å². The van der Waals surface area contributed by atoms with Gasteiger partial charge in [0.1, 0.15) is 16.2 Å². The molecule has 0 bridgehead atoms. The summed E-state index contributed by atoms with van der Waals surface area (Å²) in [5.74, 6) is 1.53. The third-order valence-corrected chi connectivity index (χ3v) is 2.27. The van der Waals surface area contributed by atoms with Gasteiger partial charge in [0.2, 0.25) is 5.91 Å². The van der Waals surface area contributed by atoms with Gasteiger partial charge in [0.05, 0.1) is 0 Å². The number of aromatic nitrogens is 2. The van der Waals surface area contributed by atoms with E-state index in [2.05, 4.69) is 36.5 Å². The summed E-state index contributed by atoms with van der Waals surface area (Å²) >= 11 is 3.33. The van der Waals surface area contributed by atoms with Crippen LogP contribution in [0.25, 0.3) is 0 Å². The SMILES string of the molecule is CCc1nc(Br)cc(NCCNC(C)=O)n1. The van der Waals surface area contributed by atoms with Crippen LogP contribution in [0.4, 0.5) is 5.82 Å². The lowest BCUT2D eigenvalue weighted by atomic mass is 10.4. The fourth-order valence-corrected chi connectivity index (χ4v) is 1.56. The Morgan fingerprint density at radius 1 is 1.44 bits per heavy atom. The third kappa shape index (κ3) is 4.57. The summed E-state index contributed by atoms with van der Waals surface area (Å²) < 4.78 is 0.765. The molecule has 0 atom stereocenters. The van der Waals surface area contributed by atoms with E-state index in [1.54, 1.807) is 0 Å². The molecule has 0 aliphatic heterocycles. The van der Waals surface area contributed by atoms with Gasteiger partial charge in [-0.2, -0.15) is 0 Å². The first-order chi connectivity index (χ1) is 7.61. The number of amides is 1. The van der Waals surface area contributed by atoms with E-state index in [0.717, 1.165) is 22.7 Å². The molecule has 6 heteroatoms. The van der Waals surface area contributed by atoms with E-state index in [4.69, 9.17) is 0 Å². The standard InChI is InChI=1S/C10H15BrN4O/c1-3-9-14-8(11)6-10(15-9)13-5-4-12-7(2)16/h6H,3-5H2,1-2H3,(H,12,16)(H,13,14,15). The van der Waals surface area contributed by atoms with Crippen molar-refractivity contribution in [3.8, 4) is 0 Å². The maximum absolute atomic E-state index is 10.6. The van der Waals surface area contributed by atoms with Crippen molar-refractivity contribution < 1.29 is 4.79 Å². The summed E-state index contributed by atoms with van der Waals surface area (Å²) in [6.07, 6.45) is 0.791. The monoisotopic (exact) mass is 286 g/mol. The molecule has 16 heavy (non-hydrogen) atoms. The van der Waals surface area contributed by atoms with Crippen LogP contribution in [0.2, 0.25) is 0 Å². The summed E-state index contributed by atoms with van der Waals surface area (Å²) in [6.45, 7) is 4.73. The normalized spacial score (nSPS) is 9.94. The summed E-state index contributed by atoms with van der Waals surface area (Å²) in [5.41, 5.74) is 0. The Bertz CT molecular complexity index is 370. The van der Waals surface area contributed by atoms with Gasteiger partial charge in [-0.3, -0.25) is 4.79 Å². The molecule has 1 rings (SSSR count). The molecule has 88 valence electrons. The third-order valence-electron chi connectivity index (χ3n) is 1.86. The van der Waals surface area contributed by atoms with Crippen molar-refractivity contribution in [3.05, 3.63) is 16.5 Å². The van der Waals surface area contributed by atoms with Gasteiger partial charge in [-0.1, -0.05) is 6.92 Å². The van der Waals surface area contributed by atoms with Crippen LogP contribution >= 0.6 is 15.9 Å². The van der Waals surface area contributed by atoms with Crippen molar-refractivity contribution in [2.75, 3.05) is 18.4 Å². The fourth-order valence-electron chi connectivity index (χ4n) is 1.14. The molecule has 0 aliphatic carbocycles. The summed E-state index contributed by atoms with van der Waals surface area (Å²) in [6, 6.07) is 1.81. The second-order valence-corrected chi connectivity index (χ2v) is 4.07. The van der Waals surface area contributed by atoms with Gasteiger partial charge in [-0.15, -0.1) is 0 Å². The predicted octanol–water partition coefficient (Wildman–Crippen LogP) is 1.35. The van der Waals surface area contributed by atoms with E-state index in [1.807, 2.05) is 13.0 Å². The topological polar surface area (TPSA) is 66.9 Å². The molecule has 0 saturated carbocycles. The highest BCUT2D eigenvalue weighted by molar-refractivity contribution is 9.10. The summed E-state index contributed by atoms with van der Waals surface area (Å²) in [4.78, 5) is 19.1. The Kier molecular flexibility index (Phi) is 5.18. The second-order valence-electron chi connectivity index (χ2n) is 3.26. The fraction of sp³-hybridized carbons (Fsp3) is 0.500. The molecular formula is C10H15BrN4O. The van der Waals surface area contributed by atoms with E-state index in [-0.39, 0.29) is 5.91 Å². The minimum Gasteiger partial charge on any atom is -0.368 e. The number of nitrogens with one attached hydrogen (secondary N) is 2. The van der Waals surface area contributed by atoms with Crippen LogP contribution in [0.3, 0.4) is 0 Å². The van der Waals surface area contributed by atoms with E-state index >= 15 is 0 Å². The highest BCUT2D eigenvalue weighted by Crippen LogP contribution is 2.12. The van der Waals surface area contributed by atoms with Crippen molar-refractivity contribution in [2.24, 2.45) is 0 Å². The average molecular weight is 287 g/mol. The molecule has 1 heterocycles. The molecule has 5 nitrogen and oxygen atoms in total. The first kappa shape index (κ1) is 12.9. The minimum atomic E-state index is -0.0279. The number of carbonyl (C=O) groups is 1. The number of nitrogens with zero attached hydrogens (tertiary/aromatic N) is 2. The van der Waals surface area contributed by atoms with Gasteiger partial charge in [0.25, 0.3) is 0 Å². The van der Waals surface area contributed by atoms with Crippen molar-refractivity contribution in [3.63, 3.8) is 0 Å². The maximum Gasteiger partial charge on any atom is 0.216 e. The lowest BCUT2D eigenvalue weighted by Crippen LogP contribution is -2.26. The van der Waals surface area contributed by atoms with Gasteiger partial charge >= 0.3 is 0 Å². The van der Waals surface area contributed by atoms with Crippen LogP contribution < -0.4 is 10.6 Å². The van der Waals surface area contributed by atoms with Gasteiger partial charge in [0, 0.05) is 32.5 Å². The molecule has 1 aromatic heterocycles. The van der Waals surface area contributed by atoms with E-state index in [0.29, 0.717) is 13.1 Å². The quantitative estimate of drug-likeness (QED) is 0.633. The number of hydrogen-bond acceptors (Lipinski definition) is 4. The van der Waals surface area contributed by atoms with Crippen molar-refractivity contribution in [1.82, 2.24) is 15.3 Å². The van der Waals surface area contributed by atoms with Gasteiger partial charge in [-0.05, 0) is 15.9 Å². The molecule has 0 saturated heterocycles. The molecule has 0 spiro atoms. The highest BCUT2D eigenvalue weighted by atomic mass is 79.9. The molecule has 2 N–H and O–H groups in total. The van der Waals surface area contributed by atoms with Crippen LogP contribution in [0.5, 0.6) is 0 Å². The first-order valence-electron chi connectivity index (χ1n) is 5.13. The lowest BCUT2D eigenvalue weighted by molar-refractivity contribution is -0.118.